The van der Waals surface area contributed by atoms with E-state index in [1.165, 1.54) is 16.2 Å². The highest BCUT2D eigenvalue weighted by atomic mass is 32.1. The smallest absolute Gasteiger partial charge is 0.407 e. The minimum Gasteiger partial charge on any atom is -0.465 e. The van der Waals surface area contributed by atoms with Crippen molar-refractivity contribution >= 4 is 17.4 Å². The Morgan fingerprint density at radius 1 is 1.53 bits per heavy atom. The van der Waals surface area contributed by atoms with Crippen LogP contribution in [0.1, 0.15) is 31.2 Å². The maximum absolute atomic E-state index is 11.0. The van der Waals surface area contributed by atoms with Crippen molar-refractivity contribution in [3.05, 3.63) is 22.4 Å². The van der Waals surface area contributed by atoms with E-state index in [9.17, 15) is 9.90 Å². The summed E-state index contributed by atoms with van der Waals surface area (Å²) in [5, 5.41) is 20.8. The fraction of sp³-hybridized carbons (Fsp3) is 0.583. The van der Waals surface area contributed by atoms with E-state index in [0.717, 1.165) is 4.88 Å². The summed E-state index contributed by atoms with van der Waals surface area (Å²) in [6.07, 6.45) is -1.04. The van der Waals surface area contributed by atoms with Crippen molar-refractivity contribution in [3.8, 4) is 0 Å². The normalized spacial score (nSPS) is 12.7. The van der Waals surface area contributed by atoms with Gasteiger partial charge < -0.3 is 15.1 Å². The first-order valence-corrected chi connectivity index (χ1v) is 6.58. The third-order valence-electron chi connectivity index (χ3n) is 2.40. The van der Waals surface area contributed by atoms with Crippen LogP contribution in [0.2, 0.25) is 0 Å². The molecule has 0 radical (unpaired) electrons. The molecule has 1 heterocycles. The molecule has 4 nitrogen and oxygen atoms in total. The number of rotatable bonds is 6. The van der Waals surface area contributed by atoms with E-state index in [-0.39, 0.29) is 0 Å². The quantitative estimate of drug-likeness (QED) is 0.823. The summed E-state index contributed by atoms with van der Waals surface area (Å²) >= 11 is 1.49. The van der Waals surface area contributed by atoms with Crippen LogP contribution in [-0.2, 0) is 0 Å². The Kier molecular flexibility index (Phi) is 5.44. The largest absolute Gasteiger partial charge is 0.465 e. The molecule has 0 saturated carbocycles. The van der Waals surface area contributed by atoms with E-state index in [2.05, 4.69) is 0 Å². The molecule has 0 aromatic carbocycles. The van der Waals surface area contributed by atoms with Crippen molar-refractivity contribution in [1.82, 2.24) is 4.90 Å². The van der Waals surface area contributed by atoms with Crippen LogP contribution in [0.5, 0.6) is 0 Å². The lowest BCUT2D eigenvalue weighted by Crippen LogP contribution is -2.34. The average molecular weight is 257 g/mol. The predicted octanol–water partition coefficient (Wildman–Crippen LogP) is 2.81. The van der Waals surface area contributed by atoms with Gasteiger partial charge in [0.1, 0.15) is 0 Å². The number of hydrogen-bond acceptors (Lipinski definition) is 3. The first-order chi connectivity index (χ1) is 8.00. The van der Waals surface area contributed by atoms with Crippen molar-refractivity contribution in [3.63, 3.8) is 0 Å². The van der Waals surface area contributed by atoms with Gasteiger partial charge in [-0.3, -0.25) is 0 Å². The molecule has 0 aliphatic rings. The highest BCUT2D eigenvalue weighted by Gasteiger charge is 2.16. The van der Waals surface area contributed by atoms with E-state index in [0.29, 0.717) is 25.4 Å². The van der Waals surface area contributed by atoms with Gasteiger partial charge in [0.2, 0.25) is 0 Å². The fourth-order valence-electron chi connectivity index (χ4n) is 1.61. The molecule has 1 rings (SSSR count). The van der Waals surface area contributed by atoms with Crippen LogP contribution in [-0.4, -0.2) is 34.3 Å². The summed E-state index contributed by atoms with van der Waals surface area (Å²) < 4.78 is 0. The molecule has 1 amide bonds. The molecule has 96 valence electrons. The molecule has 0 aliphatic heterocycles. The summed E-state index contributed by atoms with van der Waals surface area (Å²) in [5.74, 6) is 0.296. The summed E-state index contributed by atoms with van der Waals surface area (Å²) in [4.78, 5) is 13.2. The average Bonchev–Trinajstić information content (AvgIpc) is 2.76. The van der Waals surface area contributed by atoms with Gasteiger partial charge in [0.15, 0.2) is 0 Å². The Hall–Kier alpha value is -1.07. The molecule has 0 aliphatic carbocycles. The maximum Gasteiger partial charge on any atom is 0.407 e. The number of carboxylic acid groups (broad SMARTS) is 1. The van der Waals surface area contributed by atoms with Gasteiger partial charge in [-0.15, -0.1) is 11.3 Å². The number of hydrogen-bond donors (Lipinski definition) is 2. The van der Waals surface area contributed by atoms with Crippen LogP contribution in [0.25, 0.3) is 0 Å². The second-order valence-electron chi connectivity index (χ2n) is 4.44. The van der Waals surface area contributed by atoms with Gasteiger partial charge in [0, 0.05) is 18.0 Å². The molecule has 2 N–H and O–H groups in total. The monoisotopic (exact) mass is 257 g/mol. The Morgan fingerprint density at radius 2 is 2.24 bits per heavy atom. The molecule has 0 fully saturated rings. The van der Waals surface area contributed by atoms with Crippen LogP contribution >= 0.6 is 11.3 Å². The van der Waals surface area contributed by atoms with E-state index in [4.69, 9.17) is 5.11 Å². The van der Waals surface area contributed by atoms with E-state index in [1.807, 2.05) is 31.4 Å². The third kappa shape index (κ3) is 4.75. The highest BCUT2D eigenvalue weighted by molar-refractivity contribution is 7.10. The Balaban J connectivity index is 2.44. The van der Waals surface area contributed by atoms with Crippen LogP contribution in [0.4, 0.5) is 4.79 Å². The summed E-state index contributed by atoms with van der Waals surface area (Å²) in [5.41, 5.74) is 0. The van der Waals surface area contributed by atoms with Gasteiger partial charge in [-0.2, -0.15) is 0 Å². The molecule has 0 spiro atoms. The van der Waals surface area contributed by atoms with Crippen LogP contribution in [0.15, 0.2) is 17.5 Å². The molecule has 5 heteroatoms. The summed E-state index contributed by atoms with van der Waals surface area (Å²) in [6, 6.07) is 3.75. The van der Waals surface area contributed by atoms with Crippen molar-refractivity contribution in [2.45, 2.75) is 26.4 Å². The zero-order valence-corrected chi connectivity index (χ0v) is 11.0. The fourth-order valence-corrected chi connectivity index (χ4v) is 2.35. The van der Waals surface area contributed by atoms with Gasteiger partial charge in [0.05, 0.1) is 6.10 Å². The van der Waals surface area contributed by atoms with E-state index >= 15 is 0 Å². The second-order valence-corrected chi connectivity index (χ2v) is 5.42. The first kappa shape index (κ1) is 14.0. The Bertz CT molecular complexity index is 338. The molecule has 17 heavy (non-hydrogen) atoms. The number of amides is 1. The lowest BCUT2D eigenvalue weighted by molar-refractivity contribution is 0.117. The van der Waals surface area contributed by atoms with Gasteiger partial charge in [-0.1, -0.05) is 19.9 Å². The highest BCUT2D eigenvalue weighted by Crippen LogP contribution is 2.21. The van der Waals surface area contributed by atoms with Crippen LogP contribution in [0, 0.1) is 5.92 Å². The zero-order valence-electron chi connectivity index (χ0n) is 10.2. The van der Waals surface area contributed by atoms with Gasteiger partial charge in [-0.05, 0) is 23.8 Å². The molecule has 1 atom stereocenters. The topological polar surface area (TPSA) is 60.8 Å². The summed E-state index contributed by atoms with van der Waals surface area (Å²) in [7, 11) is 0. The number of thiophene rings is 1. The van der Waals surface area contributed by atoms with E-state index < -0.39 is 12.2 Å². The minimum atomic E-state index is -0.919. The molecule has 0 saturated heterocycles. The third-order valence-corrected chi connectivity index (χ3v) is 3.37. The van der Waals surface area contributed by atoms with Crippen LogP contribution < -0.4 is 0 Å². The van der Waals surface area contributed by atoms with Crippen molar-refractivity contribution in [2.75, 3.05) is 13.1 Å². The lowest BCUT2D eigenvalue weighted by atomic mass is 10.1. The number of aliphatic hydroxyl groups excluding tert-OH is 1. The van der Waals surface area contributed by atoms with E-state index in [1.54, 1.807) is 0 Å². The molecule has 1 unspecified atom stereocenters. The standard InChI is InChI=1S/C12H19NO3S/c1-9(2)8-13(12(15)16)6-5-10(14)11-4-3-7-17-11/h3-4,7,9-10,14H,5-6,8H2,1-2H3,(H,15,16). The Labute approximate surface area is 106 Å². The zero-order chi connectivity index (χ0) is 12.8. The SMILES string of the molecule is CC(C)CN(CCC(O)c1cccs1)C(=O)O. The predicted molar refractivity (Wildman–Crippen MR) is 68.3 cm³/mol. The minimum absolute atomic E-state index is 0.296. The van der Waals surface area contributed by atoms with Gasteiger partial charge in [0.25, 0.3) is 0 Å². The summed E-state index contributed by atoms with van der Waals surface area (Å²) in [6.45, 7) is 4.83. The maximum atomic E-state index is 11.0. The number of carbonyl (C=O) groups is 1. The van der Waals surface area contributed by atoms with Gasteiger partial charge in [-0.25, -0.2) is 4.79 Å². The number of aliphatic hydroxyl groups is 1. The Morgan fingerprint density at radius 3 is 2.71 bits per heavy atom. The van der Waals surface area contributed by atoms with Crippen molar-refractivity contribution in [2.24, 2.45) is 5.92 Å². The molecule has 1 aromatic heterocycles. The molecular weight excluding hydrogens is 238 g/mol. The second kappa shape index (κ2) is 6.61. The molecular formula is C12H19NO3S. The lowest BCUT2D eigenvalue weighted by Gasteiger charge is -2.22. The first-order valence-electron chi connectivity index (χ1n) is 5.70. The molecule has 1 aromatic rings. The number of nitrogens with zero attached hydrogens (tertiary/aromatic N) is 1. The molecule has 0 bridgehead atoms. The van der Waals surface area contributed by atoms with Gasteiger partial charge >= 0.3 is 6.09 Å². The van der Waals surface area contributed by atoms with Crippen molar-refractivity contribution < 1.29 is 15.0 Å². The van der Waals surface area contributed by atoms with Crippen molar-refractivity contribution in [1.29, 1.82) is 0 Å². The van der Waals surface area contributed by atoms with Crippen LogP contribution in [0.3, 0.4) is 0 Å².